The molecule has 5 heteroatoms. The van der Waals surface area contributed by atoms with Crippen LogP contribution < -0.4 is 5.32 Å². The third-order valence-electron chi connectivity index (χ3n) is 3.09. The van der Waals surface area contributed by atoms with Crippen LogP contribution >= 0.6 is 11.6 Å². The number of carboxylic acid groups (broad SMARTS) is 1. The Morgan fingerprint density at radius 3 is 2.57 bits per heavy atom. The maximum Gasteiger partial charge on any atom is 0.337 e. The van der Waals surface area contributed by atoms with Crippen molar-refractivity contribution in [2.45, 2.75) is 13.3 Å². The fourth-order valence-corrected chi connectivity index (χ4v) is 2.15. The molecule has 2 rings (SSSR count). The summed E-state index contributed by atoms with van der Waals surface area (Å²) in [7, 11) is 0. The second-order valence-corrected chi connectivity index (χ2v) is 5.06. The Morgan fingerprint density at radius 1 is 1.19 bits per heavy atom. The number of aromatic carboxylic acids is 1. The number of hydrogen-bond acceptors (Lipinski definition) is 2. The molecule has 4 nitrogen and oxygen atoms in total. The fraction of sp³-hybridized carbons (Fsp3) is 0.125. The molecule has 2 aromatic rings. The number of carboxylic acids is 1. The molecule has 0 fully saturated rings. The number of aryl methyl sites for hydroxylation is 1. The average molecular weight is 304 g/mol. The van der Waals surface area contributed by atoms with Gasteiger partial charge in [-0.25, -0.2) is 4.79 Å². The van der Waals surface area contributed by atoms with Crippen LogP contribution in [0.15, 0.2) is 42.5 Å². The molecule has 21 heavy (non-hydrogen) atoms. The molecule has 0 spiro atoms. The van der Waals surface area contributed by atoms with Gasteiger partial charge in [0.25, 0.3) is 0 Å². The van der Waals surface area contributed by atoms with Crippen molar-refractivity contribution in [3.63, 3.8) is 0 Å². The van der Waals surface area contributed by atoms with E-state index in [0.717, 1.165) is 11.1 Å². The van der Waals surface area contributed by atoms with Crippen molar-refractivity contribution >= 4 is 29.2 Å². The second kappa shape index (κ2) is 6.41. The molecule has 0 heterocycles. The van der Waals surface area contributed by atoms with E-state index >= 15 is 0 Å². The van der Waals surface area contributed by atoms with E-state index in [1.54, 1.807) is 6.07 Å². The van der Waals surface area contributed by atoms with Gasteiger partial charge in [-0.3, -0.25) is 4.79 Å². The molecule has 0 atom stereocenters. The lowest BCUT2D eigenvalue weighted by molar-refractivity contribution is -0.115. The number of nitrogens with one attached hydrogen (secondary N) is 1. The summed E-state index contributed by atoms with van der Waals surface area (Å²) in [6.07, 6.45) is 0.234. The van der Waals surface area contributed by atoms with Crippen LogP contribution in [0.4, 0.5) is 5.69 Å². The highest BCUT2D eigenvalue weighted by atomic mass is 35.5. The molecule has 2 aromatic carbocycles. The van der Waals surface area contributed by atoms with Crippen LogP contribution in [0.1, 0.15) is 21.5 Å². The summed E-state index contributed by atoms with van der Waals surface area (Å²) in [4.78, 5) is 23.0. The van der Waals surface area contributed by atoms with Crippen molar-refractivity contribution < 1.29 is 14.7 Å². The van der Waals surface area contributed by atoms with Crippen molar-refractivity contribution in [3.8, 4) is 0 Å². The number of amides is 1. The minimum atomic E-state index is -1.13. The van der Waals surface area contributed by atoms with E-state index in [4.69, 9.17) is 16.7 Å². The van der Waals surface area contributed by atoms with Gasteiger partial charge in [0, 0.05) is 5.69 Å². The van der Waals surface area contributed by atoms with Crippen LogP contribution in [0.2, 0.25) is 5.02 Å². The monoisotopic (exact) mass is 303 g/mol. The van der Waals surface area contributed by atoms with Crippen LogP contribution in [-0.4, -0.2) is 17.0 Å². The standard InChI is InChI=1S/C16H14ClNO3/c1-10-4-2-3-5-11(10)8-15(19)18-12-6-7-14(17)13(9-12)16(20)21/h2-7,9H,8H2,1H3,(H,18,19)(H,20,21). The summed E-state index contributed by atoms with van der Waals surface area (Å²) in [5.74, 6) is -1.34. The number of benzene rings is 2. The van der Waals surface area contributed by atoms with Crippen molar-refractivity contribution in [1.82, 2.24) is 0 Å². The molecule has 0 radical (unpaired) electrons. The molecule has 0 unspecified atom stereocenters. The van der Waals surface area contributed by atoms with Crippen LogP contribution in [0.25, 0.3) is 0 Å². The van der Waals surface area contributed by atoms with Gasteiger partial charge in [-0.1, -0.05) is 35.9 Å². The Balaban J connectivity index is 2.12. The van der Waals surface area contributed by atoms with Gasteiger partial charge >= 0.3 is 5.97 Å². The van der Waals surface area contributed by atoms with Gasteiger partial charge in [0.1, 0.15) is 0 Å². The predicted octanol–water partition coefficient (Wildman–Crippen LogP) is 3.53. The molecule has 0 aliphatic carbocycles. The van der Waals surface area contributed by atoms with Crippen LogP contribution in [0.3, 0.4) is 0 Å². The third-order valence-corrected chi connectivity index (χ3v) is 3.42. The van der Waals surface area contributed by atoms with Crippen LogP contribution in [0, 0.1) is 6.92 Å². The quantitative estimate of drug-likeness (QED) is 0.908. The summed E-state index contributed by atoms with van der Waals surface area (Å²) >= 11 is 5.78. The molecule has 2 N–H and O–H groups in total. The second-order valence-electron chi connectivity index (χ2n) is 4.65. The lowest BCUT2D eigenvalue weighted by Gasteiger charge is -2.08. The highest BCUT2D eigenvalue weighted by molar-refractivity contribution is 6.33. The summed E-state index contributed by atoms with van der Waals surface area (Å²) in [5.41, 5.74) is 2.35. The average Bonchev–Trinajstić information content (AvgIpc) is 2.43. The molecule has 0 aliphatic rings. The Bertz CT molecular complexity index is 698. The minimum Gasteiger partial charge on any atom is -0.478 e. The summed E-state index contributed by atoms with van der Waals surface area (Å²) < 4.78 is 0. The Hall–Kier alpha value is -2.33. The first-order valence-electron chi connectivity index (χ1n) is 6.34. The van der Waals surface area contributed by atoms with Gasteiger partial charge in [0.15, 0.2) is 0 Å². The molecular weight excluding hydrogens is 290 g/mol. The normalized spacial score (nSPS) is 10.2. The molecule has 0 aliphatic heterocycles. The smallest absolute Gasteiger partial charge is 0.337 e. The zero-order valence-corrected chi connectivity index (χ0v) is 12.1. The van der Waals surface area contributed by atoms with E-state index < -0.39 is 5.97 Å². The largest absolute Gasteiger partial charge is 0.478 e. The Labute approximate surface area is 127 Å². The zero-order valence-electron chi connectivity index (χ0n) is 11.4. The number of carbonyl (C=O) groups is 2. The first-order chi connectivity index (χ1) is 9.97. The minimum absolute atomic E-state index is 0.0367. The maximum absolute atomic E-state index is 12.0. The molecule has 0 saturated heterocycles. The fourth-order valence-electron chi connectivity index (χ4n) is 1.95. The SMILES string of the molecule is Cc1ccccc1CC(=O)Nc1ccc(Cl)c(C(=O)O)c1. The summed E-state index contributed by atoms with van der Waals surface area (Å²) in [6.45, 7) is 1.94. The number of anilines is 1. The van der Waals surface area contributed by atoms with Crippen molar-refractivity contribution in [3.05, 3.63) is 64.2 Å². The molecule has 0 aromatic heterocycles. The lowest BCUT2D eigenvalue weighted by atomic mass is 10.1. The maximum atomic E-state index is 12.0. The molecule has 108 valence electrons. The third kappa shape index (κ3) is 3.83. The summed E-state index contributed by atoms with van der Waals surface area (Å²) in [5, 5.41) is 11.8. The van der Waals surface area contributed by atoms with Gasteiger partial charge in [-0.15, -0.1) is 0 Å². The number of hydrogen-bond donors (Lipinski definition) is 2. The molecule has 1 amide bonds. The number of rotatable bonds is 4. The highest BCUT2D eigenvalue weighted by Crippen LogP contribution is 2.21. The van der Waals surface area contributed by atoms with Gasteiger partial charge in [0.05, 0.1) is 17.0 Å². The van der Waals surface area contributed by atoms with Gasteiger partial charge in [0.2, 0.25) is 5.91 Å². The first-order valence-corrected chi connectivity index (χ1v) is 6.72. The van der Waals surface area contributed by atoms with E-state index in [9.17, 15) is 9.59 Å². The zero-order chi connectivity index (χ0) is 15.4. The summed E-state index contributed by atoms with van der Waals surface area (Å²) in [6, 6.07) is 12.0. The van der Waals surface area contributed by atoms with Crippen LogP contribution in [0.5, 0.6) is 0 Å². The predicted molar refractivity (Wildman–Crippen MR) is 81.9 cm³/mol. The van der Waals surface area contributed by atoms with E-state index in [2.05, 4.69) is 5.32 Å². The van der Waals surface area contributed by atoms with E-state index in [0.29, 0.717) is 5.69 Å². The molecular formula is C16H14ClNO3. The van der Waals surface area contributed by atoms with Gasteiger partial charge in [-0.05, 0) is 36.2 Å². The lowest BCUT2D eigenvalue weighted by Crippen LogP contribution is -2.15. The Kier molecular flexibility index (Phi) is 4.60. The van der Waals surface area contributed by atoms with E-state index in [1.165, 1.54) is 12.1 Å². The number of carbonyl (C=O) groups excluding carboxylic acids is 1. The van der Waals surface area contributed by atoms with E-state index in [-0.39, 0.29) is 22.9 Å². The topological polar surface area (TPSA) is 66.4 Å². The number of halogens is 1. The highest BCUT2D eigenvalue weighted by Gasteiger charge is 2.11. The Morgan fingerprint density at radius 2 is 1.90 bits per heavy atom. The van der Waals surface area contributed by atoms with Gasteiger partial charge in [-0.2, -0.15) is 0 Å². The molecule has 0 saturated carbocycles. The van der Waals surface area contributed by atoms with Gasteiger partial charge < -0.3 is 10.4 Å². The van der Waals surface area contributed by atoms with Crippen LogP contribution in [-0.2, 0) is 11.2 Å². The van der Waals surface area contributed by atoms with Crippen molar-refractivity contribution in [1.29, 1.82) is 0 Å². The van der Waals surface area contributed by atoms with Crippen molar-refractivity contribution in [2.75, 3.05) is 5.32 Å². The van der Waals surface area contributed by atoms with Crippen molar-refractivity contribution in [2.24, 2.45) is 0 Å². The first kappa shape index (κ1) is 15.1. The van der Waals surface area contributed by atoms with E-state index in [1.807, 2.05) is 31.2 Å². The molecule has 0 bridgehead atoms.